The number of nitrogens with zero attached hydrogens (tertiary/aromatic N) is 5. The zero-order valence-electron chi connectivity index (χ0n) is 18.7. The number of aryl methyl sites for hydroxylation is 1. The molecule has 2 aromatic heterocycles. The summed E-state index contributed by atoms with van der Waals surface area (Å²) in [6, 6.07) is 15.3. The van der Waals surface area contributed by atoms with E-state index in [1.54, 1.807) is 46.5 Å². The number of hydrogen-bond acceptors (Lipinski definition) is 7. The van der Waals surface area contributed by atoms with E-state index in [-0.39, 0.29) is 23.5 Å². The van der Waals surface area contributed by atoms with E-state index in [2.05, 4.69) is 21.6 Å². The van der Waals surface area contributed by atoms with Crippen LogP contribution < -0.4 is 5.32 Å². The van der Waals surface area contributed by atoms with E-state index in [1.165, 1.54) is 16.5 Å². The van der Waals surface area contributed by atoms with E-state index in [1.807, 2.05) is 30.1 Å². The molecule has 2 amide bonds. The minimum atomic E-state index is -0.137. The Balaban J connectivity index is 1.18. The van der Waals surface area contributed by atoms with Gasteiger partial charge < -0.3 is 14.8 Å². The molecular weight excluding hydrogens is 468 g/mol. The number of anilines is 1. The van der Waals surface area contributed by atoms with Crippen molar-refractivity contribution in [1.82, 2.24) is 24.6 Å². The van der Waals surface area contributed by atoms with E-state index < -0.39 is 0 Å². The third-order valence-corrected chi connectivity index (χ3v) is 8.02. The molecule has 0 aliphatic carbocycles. The number of piperidine rings is 1. The summed E-state index contributed by atoms with van der Waals surface area (Å²) in [6.45, 7) is 1.42. The Morgan fingerprint density at radius 3 is 2.76 bits per heavy atom. The molecule has 0 spiro atoms. The molecule has 2 aromatic carbocycles. The van der Waals surface area contributed by atoms with E-state index >= 15 is 0 Å². The molecule has 1 fully saturated rings. The van der Waals surface area contributed by atoms with Crippen LogP contribution in [-0.2, 0) is 11.8 Å². The minimum Gasteiger partial charge on any atom is -0.338 e. The molecule has 0 radical (unpaired) electrons. The van der Waals surface area contributed by atoms with Gasteiger partial charge in [-0.2, -0.15) is 0 Å². The summed E-state index contributed by atoms with van der Waals surface area (Å²) >= 11 is 3.04. The highest BCUT2D eigenvalue weighted by atomic mass is 32.2. The molecule has 1 aliphatic heterocycles. The molecule has 1 N–H and O–H groups in total. The highest BCUT2D eigenvalue weighted by molar-refractivity contribution is 7.99. The smallest absolute Gasteiger partial charge is 0.253 e. The standard InChI is InChI=1S/C24H24N6O2S2/c1-29-15-25-28-24(29)33-14-21(31)26-18-10-8-16(9-11-18)23(32)30-12-4-5-17(13-30)22-27-19-6-2-3-7-20(19)34-22/h2-3,6-11,15,17H,4-5,12-14H2,1H3,(H,26,31)/t17-/m1/s1. The van der Waals surface area contributed by atoms with Crippen LogP contribution in [0.1, 0.15) is 34.1 Å². The van der Waals surface area contributed by atoms with Crippen LogP contribution in [0.15, 0.2) is 60.0 Å². The van der Waals surface area contributed by atoms with Crippen LogP contribution in [0.5, 0.6) is 0 Å². The second kappa shape index (κ2) is 9.94. The molecule has 0 bridgehead atoms. The zero-order chi connectivity index (χ0) is 23.5. The number of nitrogens with one attached hydrogen (secondary N) is 1. The van der Waals surface area contributed by atoms with Gasteiger partial charge in [-0.3, -0.25) is 9.59 Å². The number of rotatable bonds is 6. The zero-order valence-corrected chi connectivity index (χ0v) is 20.3. The van der Waals surface area contributed by atoms with Crippen molar-refractivity contribution < 1.29 is 9.59 Å². The summed E-state index contributed by atoms with van der Waals surface area (Å²) in [5.41, 5.74) is 2.31. The van der Waals surface area contributed by atoms with Gasteiger partial charge in [-0.25, -0.2) is 4.98 Å². The van der Waals surface area contributed by atoms with E-state index in [0.29, 0.717) is 23.0 Å². The van der Waals surface area contributed by atoms with E-state index in [9.17, 15) is 9.59 Å². The van der Waals surface area contributed by atoms with Crippen molar-refractivity contribution in [1.29, 1.82) is 0 Å². The fourth-order valence-electron chi connectivity index (χ4n) is 4.04. The van der Waals surface area contributed by atoms with Gasteiger partial charge >= 0.3 is 0 Å². The Kier molecular flexibility index (Phi) is 6.59. The van der Waals surface area contributed by atoms with Gasteiger partial charge in [0.2, 0.25) is 5.91 Å². The van der Waals surface area contributed by atoms with Crippen LogP contribution in [0.2, 0.25) is 0 Å². The average molecular weight is 493 g/mol. The fraction of sp³-hybridized carbons (Fsp3) is 0.292. The SMILES string of the molecule is Cn1cnnc1SCC(=O)Nc1ccc(C(=O)N2CCC[C@@H](c3nc4ccccc4s3)C2)cc1. The normalized spacial score (nSPS) is 16.0. The molecule has 5 rings (SSSR count). The number of benzene rings is 2. The topological polar surface area (TPSA) is 93.0 Å². The summed E-state index contributed by atoms with van der Waals surface area (Å²) in [6.07, 6.45) is 3.60. The maximum Gasteiger partial charge on any atom is 0.253 e. The van der Waals surface area contributed by atoms with Gasteiger partial charge in [0.25, 0.3) is 5.91 Å². The van der Waals surface area contributed by atoms with E-state index in [4.69, 9.17) is 4.98 Å². The van der Waals surface area contributed by atoms with Crippen molar-refractivity contribution in [2.45, 2.75) is 23.9 Å². The molecule has 1 atom stereocenters. The molecule has 1 aliphatic rings. The number of hydrogen-bond donors (Lipinski definition) is 1. The van der Waals surface area contributed by atoms with Crippen molar-refractivity contribution in [3.8, 4) is 0 Å². The molecule has 1 saturated heterocycles. The first-order chi connectivity index (χ1) is 16.6. The Labute approximate surface area is 205 Å². The van der Waals surface area contributed by atoms with Crippen LogP contribution in [0.25, 0.3) is 10.2 Å². The number of thiazole rings is 1. The molecular formula is C24H24N6O2S2. The molecule has 4 aromatic rings. The highest BCUT2D eigenvalue weighted by Crippen LogP contribution is 2.33. The number of carbonyl (C=O) groups excluding carboxylic acids is 2. The van der Waals surface area contributed by atoms with Gasteiger partial charge in [-0.1, -0.05) is 23.9 Å². The first kappa shape index (κ1) is 22.5. The summed E-state index contributed by atoms with van der Waals surface area (Å²) < 4.78 is 2.95. The highest BCUT2D eigenvalue weighted by Gasteiger charge is 2.27. The summed E-state index contributed by atoms with van der Waals surface area (Å²) in [7, 11) is 1.83. The monoisotopic (exact) mass is 492 g/mol. The van der Waals surface area contributed by atoms with Crippen molar-refractivity contribution in [2.24, 2.45) is 7.05 Å². The van der Waals surface area contributed by atoms with Crippen LogP contribution >= 0.6 is 23.1 Å². The number of aromatic nitrogens is 4. The largest absolute Gasteiger partial charge is 0.338 e. The molecule has 10 heteroatoms. The predicted octanol–water partition coefficient (Wildman–Crippen LogP) is 4.18. The quantitative estimate of drug-likeness (QED) is 0.406. The lowest BCUT2D eigenvalue weighted by Crippen LogP contribution is -2.39. The predicted molar refractivity (Wildman–Crippen MR) is 134 cm³/mol. The molecule has 0 saturated carbocycles. The van der Waals surface area contributed by atoms with E-state index in [0.717, 1.165) is 29.9 Å². The molecule has 8 nitrogen and oxygen atoms in total. The lowest BCUT2D eigenvalue weighted by Gasteiger charge is -2.32. The van der Waals surface area contributed by atoms with Gasteiger partial charge in [0.1, 0.15) is 6.33 Å². The second-order valence-corrected chi connectivity index (χ2v) is 10.3. The molecule has 34 heavy (non-hydrogen) atoms. The fourth-order valence-corrected chi connectivity index (χ4v) is 5.82. The minimum absolute atomic E-state index is 0.0153. The second-order valence-electron chi connectivity index (χ2n) is 8.25. The lowest BCUT2D eigenvalue weighted by molar-refractivity contribution is -0.113. The Morgan fingerprint density at radius 2 is 2.00 bits per heavy atom. The third kappa shape index (κ3) is 4.97. The number of thioether (sulfide) groups is 1. The average Bonchev–Trinajstić information content (AvgIpc) is 3.49. The number of fused-ring (bicyclic) bond motifs is 1. The molecule has 0 unspecified atom stereocenters. The lowest BCUT2D eigenvalue weighted by atomic mass is 9.98. The van der Waals surface area contributed by atoms with Gasteiger partial charge in [-0.15, -0.1) is 21.5 Å². The molecule has 174 valence electrons. The van der Waals surface area contributed by atoms with Crippen molar-refractivity contribution in [3.05, 3.63) is 65.4 Å². The summed E-state index contributed by atoms with van der Waals surface area (Å²) in [4.78, 5) is 32.1. The van der Waals surface area contributed by atoms with Gasteiger partial charge in [0.15, 0.2) is 5.16 Å². The number of likely N-dealkylation sites (tertiary alicyclic amines) is 1. The number of carbonyl (C=O) groups is 2. The number of amides is 2. The van der Waals surface area contributed by atoms with Crippen molar-refractivity contribution in [2.75, 3.05) is 24.2 Å². The Hall–Kier alpha value is -3.24. The van der Waals surface area contributed by atoms with Gasteiger partial charge in [0, 0.05) is 37.3 Å². The van der Waals surface area contributed by atoms with Crippen LogP contribution in [0.4, 0.5) is 5.69 Å². The summed E-state index contributed by atoms with van der Waals surface area (Å²) in [5.74, 6) is 0.372. The van der Waals surface area contributed by atoms with Crippen LogP contribution in [0, 0.1) is 0 Å². The third-order valence-electron chi connectivity index (χ3n) is 5.79. The maximum absolute atomic E-state index is 13.2. The van der Waals surface area contributed by atoms with Gasteiger partial charge in [0.05, 0.1) is 21.0 Å². The first-order valence-corrected chi connectivity index (χ1v) is 12.9. The summed E-state index contributed by atoms with van der Waals surface area (Å²) in [5, 5.41) is 12.4. The first-order valence-electron chi connectivity index (χ1n) is 11.1. The van der Waals surface area contributed by atoms with Gasteiger partial charge in [-0.05, 0) is 49.2 Å². The van der Waals surface area contributed by atoms with Crippen molar-refractivity contribution >= 4 is 50.8 Å². The number of para-hydroxylation sites is 1. The van der Waals surface area contributed by atoms with Crippen LogP contribution in [-0.4, -0.2) is 55.3 Å². The Bertz CT molecular complexity index is 1280. The maximum atomic E-state index is 13.2. The Morgan fingerprint density at radius 1 is 1.18 bits per heavy atom. The van der Waals surface area contributed by atoms with Crippen molar-refractivity contribution in [3.63, 3.8) is 0 Å². The van der Waals surface area contributed by atoms with Crippen LogP contribution in [0.3, 0.4) is 0 Å². The molecule has 3 heterocycles.